The van der Waals surface area contributed by atoms with E-state index < -0.39 is 23.4 Å². The van der Waals surface area contributed by atoms with Crippen LogP contribution in [0.5, 0.6) is 0 Å². The number of anilines is 3. The average molecular weight is 575 g/mol. The van der Waals surface area contributed by atoms with Gasteiger partial charge < -0.3 is 15.7 Å². The van der Waals surface area contributed by atoms with Crippen LogP contribution in [0.4, 0.5) is 21.6 Å². The summed E-state index contributed by atoms with van der Waals surface area (Å²) in [7, 11) is 2.10. The van der Waals surface area contributed by atoms with Crippen molar-refractivity contribution >= 4 is 34.4 Å². The van der Waals surface area contributed by atoms with E-state index in [1.165, 1.54) is 29.5 Å². The summed E-state index contributed by atoms with van der Waals surface area (Å²) in [6.45, 7) is 5.03. The van der Waals surface area contributed by atoms with Crippen molar-refractivity contribution in [2.24, 2.45) is 5.41 Å². The summed E-state index contributed by atoms with van der Waals surface area (Å²) in [6, 6.07) is 11.7. The Hall–Kier alpha value is -3.93. The second kappa shape index (κ2) is 10.5. The first kappa shape index (κ1) is 27.3. The molecule has 0 spiro atoms. The summed E-state index contributed by atoms with van der Waals surface area (Å²) in [5.41, 5.74) is 2.28. The molecule has 2 aliphatic rings. The summed E-state index contributed by atoms with van der Waals surface area (Å²) in [6.07, 6.45) is 4.10. The number of H-pyrrole nitrogens is 1. The third-order valence-corrected chi connectivity index (χ3v) is 9.13. The van der Waals surface area contributed by atoms with Crippen molar-refractivity contribution in [3.8, 4) is 11.3 Å². The second-order valence-corrected chi connectivity index (χ2v) is 12.6. The van der Waals surface area contributed by atoms with E-state index >= 15 is 0 Å². The summed E-state index contributed by atoms with van der Waals surface area (Å²) < 4.78 is 14.7. The Morgan fingerprint density at radius 2 is 2.02 bits per heavy atom. The Labute approximate surface area is 240 Å². The predicted octanol–water partition coefficient (Wildman–Crippen LogP) is 5.41. The van der Waals surface area contributed by atoms with Crippen molar-refractivity contribution in [2.45, 2.75) is 45.3 Å². The molecule has 4 N–H and O–H groups in total. The minimum Gasteiger partial charge on any atom is -0.388 e. The number of hydrogen-bond donors (Lipinski definition) is 4. The molecule has 0 saturated carbocycles. The number of carbonyl (C=O) groups excluding carboxylic acids is 1. The lowest BCUT2D eigenvalue weighted by Gasteiger charge is -2.22. The fourth-order valence-corrected chi connectivity index (χ4v) is 6.94. The number of halogens is 1. The highest BCUT2D eigenvalue weighted by Gasteiger charge is 2.40. The van der Waals surface area contributed by atoms with Crippen molar-refractivity contribution < 1.29 is 14.3 Å². The van der Waals surface area contributed by atoms with Crippen LogP contribution in [0.15, 0.2) is 53.5 Å². The van der Waals surface area contributed by atoms with Gasteiger partial charge in [-0.15, -0.1) is 11.3 Å². The Morgan fingerprint density at radius 1 is 1.20 bits per heavy atom. The molecule has 0 radical (unpaired) electrons. The molecule has 3 aromatic heterocycles. The van der Waals surface area contributed by atoms with Crippen molar-refractivity contribution in [2.75, 3.05) is 24.2 Å². The molecule has 2 atom stereocenters. The van der Waals surface area contributed by atoms with Gasteiger partial charge in [-0.05, 0) is 85.8 Å². The van der Waals surface area contributed by atoms with Crippen LogP contribution in [0.1, 0.15) is 64.5 Å². The van der Waals surface area contributed by atoms with Crippen LogP contribution in [0.2, 0.25) is 0 Å². The zero-order chi connectivity index (χ0) is 28.9. The van der Waals surface area contributed by atoms with E-state index in [1.54, 1.807) is 12.1 Å². The predicted molar refractivity (Wildman–Crippen MR) is 157 cm³/mol. The van der Waals surface area contributed by atoms with Gasteiger partial charge >= 0.3 is 0 Å². The number of benzene rings is 1. The lowest BCUT2D eigenvalue weighted by Crippen LogP contribution is -2.18. The number of hydrogen-bond acceptors (Lipinski definition) is 8. The number of aromatic amines is 1. The lowest BCUT2D eigenvalue weighted by molar-refractivity contribution is 0.0665. The number of fused-ring (bicyclic) bond motifs is 1. The summed E-state index contributed by atoms with van der Waals surface area (Å²) >= 11 is 1.31. The second-order valence-electron chi connectivity index (χ2n) is 11.4. The van der Waals surface area contributed by atoms with E-state index in [2.05, 4.69) is 37.8 Å². The van der Waals surface area contributed by atoms with Crippen molar-refractivity contribution in [3.05, 3.63) is 85.7 Å². The number of likely N-dealkylation sites (tertiary alicyclic amines) is 1. The molecule has 0 unspecified atom stereocenters. The molecule has 1 saturated heterocycles. The first-order valence-electron chi connectivity index (χ1n) is 13.5. The molecule has 212 valence electrons. The highest BCUT2D eigenvalue weighted by Crippen LogP contribution is 2.48. The number of nitrogens with zero attached hydrogens (tertiary/aromatic N) is 3. The van der Waals surface area contributed by atoms with Gasteiger partial charge in [0.15, 0.2) is 0 Å². The number of nitrogens with one attached hydrogen (secondary N) is 3. The van der Waals surface area contributed by atoms with Gasteiger partial charge in [0.1, 0.15) is 17.3 Å². The maximum Gasteiger partial charge on any atom is 0.287 e. The van der Waals surface area contributed by atoms with Crippen LogP contribution < -0.4 is 16.2 Å². The molecule has 4 heterocycles. The number of carbonyl (C=O) groups is 1. The van der Waals surface area contributed by atoms with Gasteiger partial charge in [0, 0.05) is 22.7 Å². The van der Waals surface area contributed by atoms with Gasteiger partial charge in [0.2, 0.25) is 0 Å². The number of aliphatic hydroxyl groups is 1. The molecule has 0 bridgehead atoms. The lowest BCUT2D eigenvalue weighted by atomic mass is 9.88. The van der Waals surface area contributed by atoms with Gasteiger partial charge in [0.25, 0.3) is 11.5 Å². The van der Waals surface area contributed by atoms with Gasteiger partial charge in [-0.2, -0.15) is 5.10 Å². The van der Waals surface area contributed by atoms with E-state index in [4.69, 9.17) is 0 Å². The maximum absolute atomic E-state index is 14.7. The molecule has 9 nitrogen and oxygen atoms in total. The average Bonchev–Trinajstić information content (AvgIpc) is 3.62. The third kappa shape index (κ3) is 5.28. The van der Waals surface area contributed by atoms with Crippen LogP contribution >= 0.6 is 11.3 Å². The quantitative estimate of drug-likeness (QED) is 0.243. The van der Waals surface area contributed by atoms with Crippen molar-refractivity contribution in [1.82, 2.24) is 20.1 Å². The third-order valence-electron chi connectivity index (χ3n) is 7.98. The van der Waals surface area contributed by atoms with E-state index in [-0.39, 0.29) is 16.8 Å². The minimum atomic E-state index is -0.647. The monoisotopic (exact) mass is 574 g/mol. The van der Waals surface area contributed by atoms with Crippen LogP contribution in [0, 0.1) is 11.2 Å². The number of pyridine rings is 1. The number of aromatic nitrogens is 3. The van der Waals surface area contributed by atoms with Crippen LogP contribution in [0.3, 0.4) is 0 Å². The topological polar surface area (TPSA) is 123 Å². The Morgan fingerprint density at radius 3 is 2.73 bits per heavy atom. The molecule has 1 aromatic carbocycles. The van der Waals surface area contributed by atoms with Crippen LogP contribution in [-0.2, 0) is 6.42 Å². The summed E-state index contributed by atoms with van der Waals surface area (Å²) in [5.74, 6) is -0.548. The highest BCUT2D eigenvalue weighted by atomic mass is 32.1. The first-order chi connectivity index (χ1) is 19.6. The molecule has 6 rings (SSSR count). The molecule has 4 aromatic rings. The first-order valence-corrected chi connectivity index (χ1v) is 14.4. The van der Waals surface area contributed by atoms with Gasteiger partial charge in [0.05, 0.1) is 22.4 Å². The molecule has 1 amide bonds. The normalized spacial score (nSPS) is 19.7. The highest BCUT2D eigenvalue weighted by molar-refractivity contribution is 7.14. The zero-order valence-corrected chi connectivity index (χ0v) is 23.8. The fraction of sp³-hybridized carbons (Fsp3) is 0.333. The van der Waals surface area contributed by atoms with Crippen molar-refractivity contribution in [3.63, 3.8) is 0 Å². The number of amides is 1. The smallest absolute Gasteiger partial charge is 0.287 e. The molecule has 1 aliphatic carbocycles. The number of rotatable bonds is 6. The van der Waals surface area contributed by atoms with Crippen molar-refractivity contribution in [1.29, 1.82) is 0 Å². The Kier molecular flexibility index (Phi) is 6.96. The maximum atomic E-state index is 14.7. The SMILES string of the molecule is CN1CCC[C@@H]1c1ccc(Nc2cc(-c3ccc(F)c(NC(=O)c4cc5c(s4)CC(C)(C)[C@H]5O)c3)n[nH]c2=O)nc1. The molecular weight excluding hydrogens is 543 g/mol. The Balaban J connectivity index is 1.20. The summed E-state index contributed by atoms with van der Waals surface area (Å²) in [5, 5.41) is 22.9. The standard InChI is InChI=1S/C30H31FN6O3S/c1-30(2)14-25-18(27(30)38)12-24(41-25)29(40)34-21-11-16(6-8-19(21)31)20-13-22(28(39)36-35-20)33-26-9-7-17(15-32-26)23-5-4-10-37(23)3/h6-9,11-13,15,23,27,38H,4-5,10,14H2,1-3H3,(H,34,40)(H,36,39)(H,32,33,35)/t23-,27+/m1/s1. The van der Waals surface area contributed by atoms with E-state index in [0.29, 0.717) is 34.4 Å². The van der Waals surface area contributed by atoms with Gasteiger partial charge in [-0.3, -0.25) is 14.5 Å². The minimum absolute atomic E-state index is 0.0152. The van der Waals surface area contributed by atoms with E-state index in [1.807, 2.05) is 32.2 Å². The van der Waals surface area contributed by atoms with E-state index in [9.17, 15) is 19.1 Å². The molecule has 41 heavy (non-hydrogen) atoms. The molecule has 1 fully saturated rings. The number of aliphatic hydroxyl groups excluding tert-OH is 1. The van der Waals surface area contributed by atoms with Crippen LogP contribution in [-0.4, -0.2) is 44.7 Å². The zero-order valence-electron chi connectivity index (χ0n) is 23.0. The van der Waals surface area contributed by atoms with Crippen LogP contribution in [0.25, 0.3) is 11.3 Å². The number of thiophene rings is 1. The molecular formula is C30H31FN6O3S. The van der Waals surface area contributed by atoms with Gasteiger partial charge in [-0.1, -0.05) is 19.9 Å². The van der Waals surface area contributed by atoms with E-state index in [0.717, 1.165) is 35.4 Å². The summed E-state index contributed by atoms with van der Waals surface area (Å²) in [4.78, 5) is 33.7. The fourth-order valence-electron chi connectivity index (χ4n) is 5.61. The largest absolute Gasteiger partial charge is 0.388 e. The van der Waals surface area contributed by atoms with Gasteiger partial charge in [-0.25, -0.2) is 14.5 Å². The molecule has 11 heteroatoms. The molecule has 1 aliphatic heterocycles. The Bertz CT molecular complexity index is 1680.